The average Bonchev–Trinajstić information content (AvgIpc) is 2.78. The highest BCUT2D eigenvalue weighted by Crippen LogP contribution is 2.18. The van der Waals surface area contributed by atoms with Gasteiger partial charge in [-0.3, -0.25) is 4.79 Å². The molecule has 0 radical (unpaired) electrons. The highest BCUT2D eigenvalue weighted by molar-refractivity contribution is 5.76. The maximum Gasteiger partial charge on any atom is 0.269 e. The van der Waals surface area contributed by atoms with E-state index in [-0.39, 0.29) is 5.56 Å². The Bertz CT molecular complexity index is 995. The molecule has 1 N–H and O–H groups in total. The number of rotatable bonds is 7. The number of ether oxygens (including phenoxy) is 1. The minimum atomic E-state index is -0.0647. The fraction of sp³-hybridized carbons (Fsp3) is 0.391. The van der Waals surface area contributed by atoms with E-state index in [4.69, 9.17) is 4.74 Å². The van der Waals surface area contributed by atoms with Crippen LogP contribution in [-0.4, -0.2) is 47.2 Å². The van der Waals surface area contributed by atoms with E-state index in [0.29, 0.717) is 12.6 Å². The summed E-state index contributed by atoms with van der Waals surface area (Å²) in [6, 6.07) is 16.8. The lowest BCUT2D eigenvalue weighted by molar-refractivity contribution is 0.191. The van der Waals surface area contributed by atoms with Gasteiger partial charge in [-0.25, -0.2) is 4.98 Å². The molecular formula is C23H28N4O2. The first-order valence-corrected chi connectivity index (χ1v) is 10.3. The number of hydrogen-bond acceptors (Lipinski definition) is 5. The van der Waals surface area contributed by atoms with Gasteiger partial charge in [0.25, 0.3) is 5.56 Å². The second-order valence-electron chi connectivity index (χ2n) is 7.59. The molecule has 0 bridgehead atoms. The molecule has 0 saturated carbocycles. The van der Waals surface area contributed by atoms with Crippen molar-refractivity contribution in [2.75, 3.05) is 26.7 Å². The monoisotopic (exact) mass is 392 g/mol. The van der Waals surface area contributed by atoms with Crippen molar-refractivity contribution in [3.05, 3.63) is 70.6 Å². The Balaban J connectivity index is 1.32. The van der Waals surface area contributed by atoms with Crippen LogP contribution in [0, 0.1) is 0 Å². The highest BCUT2D eigenvalue weighted by atomic mass is 16.5. The van der Waals surface area contributed by atoms with E-state index >= 15 is 0 Å². The second-order valence-corrected chi connectivity index (χ2v) is 7.59. The molecule has 0 spiro atoms. The quantitative estimate of drug-likeness (QED) is 0.670. The van der Waals surface area contributed by atoms with Gasteiger partial charge in [-0.1, -0.05) is 30.3 Å². The third-order valence-corrected chi connectivity index (χ3v) is 5.72. The maximum atomic E-state index is 12.4. The van der Waals surface area contributed by atoms with E-state index in [9.17, 15) is 4.79 Å². The number of aromatic nitrogens is 2. The Kier molecular flexibility index (Phi) is 6.22. The van der Waals surface area contributed by atoms with Gasteiger partial charge in [-0.2, -0.15) is 0 Å². The van der Waals surface area contributed by atoms with Crippen LogP contribution in [-0.2, 0) is 13.1 Å². The van der Waals surface area contributed by atoms with Crippen LogP contribution < -0.4 is 15.6 Å². The van der Waals surface area contributed by atoms with Gasteiger partial charge < -0.3 is 19.5 Å². The molecule has 6 nitrogen and oxygen atoms in total. The van der Waals surface area contributed by atoms with Crippen molar-refractivity contribution in [1.29, 1.82) is 0 Å². The van der Waals surface area contributed by atoms with Gasteiger partial charge in [0.1, 0.15) is 5.75 Å². The zero-order valence-electron chi connectivity index (χ0n) is 16.9. The van der Waals surface area contributed by atoms with Crippen molar-refractivity contribution in [1.82, 2.24) is 19.8 Å². The molecule has 2 heterocycles. The van der Waals surface area contributed by atoms with Crippen molar-refractivity contribution >= 4 is 11.0 Å². The lowest BCUT2D eigenvalue weighted by Crippen LogP contribution is -2.43. The first-order valence-electron chi connectivity index (χ1n) is 10.3. The van der Waals surface area contributed by atoms with Gasteiger partial charge in [-0.15, -0.1) is 0 Å². The summed E-state index contributed by atoms with van der Waals surface area (Å²) < 4.78 is 7.13. The topological polar surface area (TPSA) is 59.4 Å². The third kappa shape index (κ3) is 4.83. The number of benzene rings is 2. The van der Waals surface area contributed by atoms with Gasteiger partial charge in [0.05, 0.1) is 24.3 Å². The average molecular weight is 393 g/mol. The normalized spacial score (nSPS) is 15.6. The molecule has 4 rings (SSSR count). The fourth-order valence-electron chi connectivity index (χ4n) is 3.96. The molecule has 6 heteroatoms. The van der Waals surface area contributed by atoms with Crippen LogP contribution in [0.4, 0.5) is 0 Å². The zero-order valence-corrected chi connectivity index (χ0v) is 16.9. The van der Waals surface area contributed by atoms with Gasteiger partial charge in [0.15, 0.2) is 0 Å². The number of nitrogens with zero attached hydrogens (tertiary/aromatic N) is 3. The van der Waals surface area contributed by atoms with E-state index in [0.717, 1.165) is 55.8 Å². The summed E-state index contributed by atoms with van der Waals surface area (Å²) in [5.41, 5.74) is 2.91. The first-order chi connectivity index (χ1) is 14.2. The molecule has 1 saturated heterocycles. The molecule has 0 amide bonds. The van der Waals surface area contributed by atoms with Crippen LogP contribution >= 0.6 is 0 Å². The minimum Gasteiger partial charge on any atom is -0.497 e. The lowest BCUT2D eigenvalue weighted by Gasteiger charge is -2.32. The predicted molar refractivity (Wildman–Crippen MR) is 115 cm³/mol. The van der Waals surface area contributed by atoms with E-state index in [1.165, 1.54) is 11.8 Å². The van der Waals surface area contributed by atoms with Gasteiger partial charge in [0, 0.05) is 31.7 Å². The van der Waals surface area contributed by atoms with Crippen LogP contribution in [0.5, 0.6) is 5.75 Å². The highest BCUT2D eigenvalue weighted by Gasteiger charge is 2.19. The molecule has 152 valence electrons. The molecule has 1 fully saturated rings. The molecule has 3 aromatic rings. The lowest BCUT2D eigenvalue weighted by atomic mass is 10.0. The minimum absolute atomic E-state index is 0.0647. The van der Waals surface area contributed by atoms with Crippen LogP contribution in [0.2, 0.25) is 0 Å². The van der Waals surface area contributed by atoms with E-state index in [1.54, 1.807) is 7.11 Å². The zero-order chi connectivity index (χ0) is 20.1. The first kappa shape index (κ1) is 19.6. The summed E-state index contributed by atoms with van der Waals surface area (Å²) in [6.45, 7) is 4.54. The van der Waals surface area contributed by atoms with Crippen molar-refractivity contribution in [3.63, 3.8) is 0 Å². The third-order valence-electron chi connectivity index (χ3n) is 5.72. The summed E-state index contributed by atoms with van der Waals surface area (Å²) in [5.74, 6) is 0.740. The summed E-state index contributed by atoms with van der Waals surface area (Å²) in [6.07, 6.45) is 3.67. The maximum absolute atomic E-state index is 12.4. The molecule has 1 aromatic heterocycles. The van der Waals surface area contributed by atoms with E-state index in [2.05, 4.69) is 45.5 Å². The van der Waals surface area contributed by atoms with E-state index in [1.807, 2.05) is 22.8 Å². The summed E-state index contributed by atoms with van der Waals surface area (Å²) in [4.78, 5) is 19.1. The molecule has 0 aliphatic carbocycles. The number of hydrogen-bond donors (Lipinski definition) is 1. The summed E-state index contributed by atoms with van der Waals surface area (Å²) in [5, 5.41) is 3.67. The Morgan fingerprint density at radius 1 is 1.10 bits per heavy atom. The standard InChI is InChI=1S/C23H28N4O2/c1-29-20-7-8-21-22(15-20)27(23(28)17-25-21)14-13-26-11-9-19(10-12-26)24-16-18-5-3-2-4-6-18/h2-8,15,17,19,24H,9-14,16H2,1H3. The Hall–Kier alpha value is -2.70. The summed E-state index contributed by atoms with van der Waals surface area (Å²) in [7, 11) is 1.63. The number of nitrogens with one attached hydrogen (secondary N) is 1. The largest absolute Gasteiger partial charge is 0.497 e. The molecule has 0 unspecified atom stereocenters. The van der Waals surface area contributed by atoms with Crippen LogP contribution in [0.3, 0.4) is 0 Å². The van der Waals surface area contributed by atoms with Crippen LogP contribution in [0.15, 0.2) is 59.5 Å². The smallest absolute Gasteiger partial charge is 0.269 e. The molecule has 29 heavy (non-hydrogen) atoms. The van der Waals surface area contributed by atoms with Crippen LogP contribution in [0.1, 0.15) is 18.4 Å². The molecule has 1 aliphatic rings. The summed E-state index contributed by atoms with van der Waals surface area (Å²) >= 11 is 0. The van der Waals surface area contributed by atoms with Crippen molar-refractivity contribution in [3.8, 4) is 5.75 Å². The predicted octanol–water partition coefficient (Wildman–Crippen LogP) is 2.66. The van der Waals surface area contributed by atoms with Gasteiger partial charge in [-0.05, 0) is 43.6 Å². The van der Waals surface area contributed by atoms with Gasteiger partial charge in [0.2, 0.25) is 0 Å². The molecule has 0 atom stereocenters. The van der Waals surface area contributed by atoms with Crippen LogP contribution in [0.25, 0.3) is 11.0 Å². The number of likely N-dealkylation sites (tertiary alicyclic amines) is 1. The number of piperidine rings is 1. The molecule has 2 aromatic carbocycles. The Labute approximate surface area is 171 Å². The van der Waals surface area contributed by atoms with Crippen molar-refractivity contribution in [2.24, 2.45) is 0 Å². The molecule has 1 aliphatic heterocycles. The number of fused-ring (bicyclic) bond motifs is 1. The SMILES string of the molecule is COc1ccc2ncc(=O)n(CCN3CCC(NCc4ccccc4)CC3)c2c1. The number of methoxy groups -OCH3 is 1. The van der Waals surface area contributed by atoms with E-state index < -0.39 is 0 Å². The second kappa shape index (κ2) is 9.20. The van der Waals surface area contributed by atoms with Crippen molar-refractivity contribution < 1.29 is 4.74 Å². The molecular weight excluding hydrogens is 364 g/mol. The fourth-order valence-corrected chi connectivity index (χ4v) is 3.96. The van der Waals surface area contributed by atoms with Crippen molar-refractivity contribution in [2.45, 2.75) is 32.0 Å². The Morgan fingerprint density at radius 2 is 1.90 bits per heavy atom. The Morgan fingerprint density at radius 3 is 2.66 bits per heavy atom. The van der Waals surface area contributed by atoms with Gasteiger partial charge >= 0.3 is 0 Å².